The average molecular weight is 550 g/mol. The zero-order chi connectivity index (χ0) is 24.4. The minimum Gasteiger partial charge on any atom is -0.352 e. The van der Waals surface area contributed by atoms with Gasteiger partial charge in [0, 0.05) is 25.2 Å². The molecule has 2 aromatic rings. The molecule has 0 spiro atoms. The quantitative estimate of drug-likeness (QED) is 0.421. The summed E-state index contributed by atoms with van der Waals surface area (Å²) >= 11 is 23.5. The summed E-state index contributed by atoms with van der Waals surface area (Å²) in [6.45, 7) is -0.115. The summed E-state index contributed by atoms with van der Waals surface area (Å²) in [5.41, 5.74) is 1.35. The van der Waals surface area contributed by atoms with Crippen molar-refractivity contribution in [1.29, 1.82) is 0 Å². The molecule has 2 amide bonds. The molecule has 0 aliphatic rings. The fourth-order valence-corrected chi connectivity index (χ4v) is 4.10. The van der Waals surface area contributed by atoms with E-state index in [-0.39, 0.29) is 24.6 Å². The second-order valence-corrected chi connectivity index (χ2v) is 10.7. The van der Waals surface area contributed by atoms with Gasteiger partial charge >= 0.3 is 0 Å². The van der Waals surface area contributed by atoms with E-state index in [0.29, 0.717) is 31.2 Å². The lowest BCUT2D eigenvalue weighted by atomic mass is 10.2. The standard InChI is InChI=1S/C22H20Cl4N2O4S/c23-17-5-1-15(13-19(17)25)3-7-21(29)27-9-11-33(31,32)12-10-28-22(30)8-4-16-2-6-18(24)20(26)14-16/h1-8,13-14H,9-12H2,(H,27,29)(H,28,30)/b7-3+,8-4+. The van der Waals surface area contributed by atoms with Crippen molar-refractivity contribution in [1.82, 2.24) is 10.6 Å². The fourth-order valence-electron chi connectivity index (χ4n) is 2.46. The largest absolute Gasteiger partial charge is 0.352 e. The third-order valence-electron chi connectivity index (χ3n) is 4.17. The Morgan fingerprint density at radius 1 is 0.697 bits per heavy atom. The second kappa shape index (κ2) is 13.0. The van der Waals surface area contributed by atoms with Crippen LogP contribution in [0.25, 0.3) is 12.2 Å². The van der Waals surface area contributed by atoms with Crippen molar-refractivity contribution in [3.63, 3.8) is 0 Å². The maximum atomic E-state index is 12.1. The number of rotatable bonds is 10. The number of sulfone groups is 1. The van der Waals surface area contributed by atoms with Gasteiger partial charge in [0.15, 0.2) is 9.84 Å². The van der Waals surface area contributed by atoms with Crippen LogP contribution in [0, 0.1) is 0 Å². The van der Waals surface area contributed by atoms with Gasteiger partial charge in [-0.2, -0.15) is 0 Å². The minimum absolute atomic E-state index is 0.0575. The summed E-state index contributed by atoms with van der Waals surface area (Å²) < 4.78 is 24.2. The zero-order valence-electron chi connectivity index (χ0n) is 17.2. The van der Waals surface area contributed by atoms with Crippen LogP contribution in [0.2, 0.25) is 20.1 Å². The first-order chi connectivity index (χ1) is 15.6. The van der Waals surface area contributed by atoms with E-state index in [1.165, 1.54) is 24.3 Å². The molecule has 0 radical (unpaired) electrons. The Morgan fingerprint density at radius 3 is 1.45 bits per heavy atom. The van der Waals surface area contributed by atoms with E-state index >= 15 is 0 Å². The first-order valence-corrected chi connectivity index (χ1v) is 12.9. The van der Waals surface area contributed by atoms with E-state index < -0.39 is 21.7 Å². The van der Waals surface area contributed by atoms with Crippen molar-refractivity contribution in [2.75, 3.05) is 24.6 Å². The molecular weight excluding hydrogens is 530 g/mol. The van der Waals surface area contributed by atoms with Gasteiger partial charge in [-0.3, -0.25) is 9.59 Å². The molecule has 0 bridgehead atoms. The van der Waals surface area contributed by atoms with E-state index in [9.17, 15) is 18.0 Å². The molecule has 11 heteroatoms. The Balaban J connectivity index is 1.70. The van der Waals surface area contributed by atoms with Crippen LogP contribution in [0.3, 0.4) is 0 Å². The molecule has 0 saturated heterocycles. The van der Waals surface area contributed by atoms with Crippen LogP contribution in [0.5, 0.6) is 0 Å². The third-order valence-corrected chi connectivity index (χ3v) is 7.30. The van der Waals surface area contributed by atoms with Crippen molar-refractivity contribution >= 4 is 80.2 Å². The van der Waals surface area contributed by atoms with Crippen LogP contribution in [-0.2, 0) is 19.4 Å². The van der Waals surface area contributed by atoms with Crippen LogP contribution in [0.4, 0.5) is 0 Å². The number of benzene rings is 2. The highest BCUT2D eigenvalue weighted by atomic mass is 35.5. The number of carbonyl (C=O) groups excluding carboxylic acids is 2. The Kier molecular flexibility index (Phi) is 10.7. The van der Waals surface area contributed by atoms with Crippen molar-refractivity contribution in [2.24, 2.45) is 0 Å². The molecular formula is C22H20Cl4N2O4S. The lowest BCUT2D eigenvalue weighted by Gasteiger charge is -2.06. The smallest absolute Gasteiger partial charge is 0.244 e. The van der Waals surface area contributed by atoms with Gasteiger partial charge in [0.25, 0.3) is 0 Å². The minimum atomic E-state index is -3.47. The Morgan fingerprint density at radius 2 is 1.09 bits per heavy atom. The highest BCUT2D eigenvalue weighted by molar-refractivity contribution is 7.91. The second-order valence-electron chi connectivity index (χ2n) is 6.75. The van der Waals surface area contributed by atoms with Crippen LogP contribution < -0.4 is 10.6 Å². The summed E-state index contributed by atoms with van der Waals surface area (Å²) in [5, 5.41) is 6.53. The predicted molar refractivity (Wildman–Crippen MR) is 136 cm³/mol. The molecule has 0 unspecified atom stereocenters. The molecule has 0 aliphatic heterocycles. The molecule has 2 rings (SSSR count). The van der Waals surface area contributed by atoms with Gasteiger partial charge in [0.2, 0.25) is 11.8 Å². The number of carbonyl (C=O) groups is 2. The maximum absolute atomic E-state index is 12.1. The maximum Gasteiger partial charge on any atom is 0.244 e. The van der Waals surface area contributed by atoms with Crippen molar-refractivity contribution < 1.29 is 18.0 Å². The van der Waals surface area contributed by atoms with Crippen molar-refractivity contribution in [3.05, 3.63) is 79.8 Å². The monoisotopic (exact) mass is 548 g/mol. The molecule has 2 N–H and O–H groups in total. The lowest BCUT2D eigenvalue weighted by molar-refractivity contribution is -0.117. The highest BCUT2D eigenvalue weighted by Gasteiger charge is 2.11. The van der Waals surface area contributed by atoms with E-state index in [2.05, 4.69) is 10.6 Å². The van der Waals surface area contributed by atoms with Gasteiger partial charge in [0.05, 0.1) is 31.6 Å². The molecule has 6 nitrogen and oxygen atoms in total. The van der Waals surface area contributed by atoms with E-state index in [0.717, 1.165) is 0 Å². The molecule has 33 heavy (non-hydrogen) atoms. The fraction of sp³-hybridized carbons (Fsp3) is 0.182. The molecule has 0 aliphatic carbocycles. The van der Waals surface area contributed by atoms with Crippen LogP contribution in [-0.4, -0.2) is 44.8 Å². The first kappa shape index (κ1) is 27.2. The summed E-state index contributed by atoms with van der Waals surface area (Å²) in [6, 6.07) is 9.80. The molecule has 0 atom stereocenters. The average Bonchev–Trinajstić information content (AvgIpc) is 2.75. The predicted octanol–water partition coefficient (Wildman–Crippen LogP) is 4.67. The normalized spacial score (nSPS) is 11.8. The molecule has 2 aromatic carbocycles. The van der Waals surface area contributed by atoms with Crippen LogP contribution >= 0.6 is 46.4 Å². The van der Waals surface area contributed by atoms with Gasteiger partial charge in [0.1, 0.15) is 0 Å². The van der Waals surface area contributed by atoms with E-state index in [1.807, 2.05) is 0 Å². The highest BCUT2D eigenvalue weighted by Crippen LogP contribution is 2.23. The van der Waals surface area contributed by atoms with E-state index in [1.54, 1.807) is 36.4 Å². The van der Waals surface area contributed by atoms with Gasteiger partial charge < -0.3 is 10.6 Å². The van der Waals surface area contributed by atoms with Crippen molar-refractivity contribution in [2.45, 2.75) is 0 Å². The number of amides is 2. The molecule has 0 aromatic heterocycles. The first-order valence-electron chi connectivity index (χ1n) is 9.58. The Labute approximate surface area is 212 Å². The summed E-state index contributed by atoms with van der Waals surface area (Å²) in [5.74, 6) is -1.41. The molecule has 0 fully saturated rings. The lowest BCUT2D eigenvalue weighted by Crippen LogP contribution is -2.32. The van der Waals surface area contributed by atoms with E-state index in [4.69, 9.17) is 46.4 Å². The Bertz CT molecular complexity index is 1100. The van der Waals surface area contributed by atoms with Gasteiger partial charge in [-0.15, -0.1) is 0 Å². The number of nitrogens with one attached hydrogen (secondary N) is 2. The van der Waals surface area contributed by atoms with Gasteiger partial charge in [-0.05, 0) is 47.5 Å². The summed E-state index contributed by atoms with van der Waals surface area (Å²) in [4.78, 5) is 23.7. The van der Waals surface area contributed by atoms with Crippen molar-refractivity contribution in [3.8, 4) is 0 Å². The number of halogens is 4. The number of hydrogen-bond donors (Lipinski definition) is 2. The Hall–Kier alpha value is -2.03. The van der Waals surface area contributed by atoms with Gasteiger partial charge in [-0.1, -0.05) is 58.5 Å². The zero-order valence-corrected chi connectivity index (χ0v) is 21.0. The topological polar surface area (TPSA) is 92.3 Å². The molecule has 176 valence electrons. The molecule has 0 heterocycles. The molecule has 0 saturated carbocycles. The third kappa shape index (κ3) is 10.2. The summed E-state index contributed by atoms with van der Waals surface area (Å²) in [6.07, 6.45) is 5.61. The summed E-state index contributed by atoms with van der Waals surface area (Å²) in [7, 11) is -3.47. The van der Waals surface area contributed by atoms with Gasteiger partial charge in [-0.25, -0.2) is 8.42 Å². The number of hydrogen-bond acceptors (Lipinski definition) is 4. The van der Waals surface area contributed by atoms with Crippen LogP contribution in [0.1, 0.15) is 11.1 Å². The van der Waals surface area contributed by atoms with Crippen LogP contribution in [0.15, 0.2) is 48.6 Å². The SMILES string of the molecule is O=C(/C=C/c1ccc(Cl)c(Cl)c1)NCCS(=O)(=O)CCNC(=O)/C=C/c1ccc(Cl)c(Cl)c1.